The predicted octanol–water partition coefficient (Wildman–Crippen LogP) is 3.60. The van der Waals surface area contributed by atoms with E-state index in [0.717, 1.165) is 18.4 Å². The van der Waals surface area contributed by atoms with Gasteiger partial charge in [0.15, 0.2) is 0 Å². The monoisotopic (exact) mass is 266 g/mol. The molecule has 3 heteroatoms. The molecule has 2 unspecified atom stereocenters. The van der Waals surface area contributed by atoms with E-state index in [2.05, 4.69) is 47.8 Å². The summed E-state index contributed by atoms with van der Waals surface area (Å²) < 4.78 is 0. The molecule has 0 bridgehead atoms. The summed E-state index contributed by atoms with van der Waals surface area (Å²) in [5, 5.41) is 8.20. The highest BCUT2D eigenvalue weighted by Crippen LogP contribution is 2.26. The highest BCUT2D eigenvalue weighted by molar-refractivity contribution is 7.08. The molecule has 0 amide bonds. The molecule has 1 aliphatic heterocycles. The molecule has 1 aromatic rings. The average molecular weight is 266 g/mol. The standard InChI is InChI=1S/C15H26N2S/c1-4-13-7-14(16-8-12(2)3)10-17(9-13)15-5-6-18-11-15/h5-6,11-14,16H,4,7-10H2,1-3H3. The van der Waals surface area contributed by atoms with Gasteiger partial charge in [0.2, 0.25) is 0 Å². The molecule has 1 saturated heterocycles. The second-order valence-corrected chi connectivity index (χ2v) is 6.68. The summed E-state index contributed by atoms with van der Waals surface area (Å²) in [7, 11) is 0. The van der Waals surface area contributed by atoms with Gasteiger partial charge in [0.25, 0.3) is 0 Å². The Bertz CT molecular complexity index is 334. The van der Waals surface area contributed by atoms with Crippen LogP contribution in [0.1, 0.15) is 33.6 Å². The molecule has 0 radical (unpaired) electrons. The van der Waals surface area contributed by atoms with Crippen LogP contribution >= 0.6 is 11.3 Å². The van der Waals surface area contributed by atoms with E-state index >= 15 is 0 Å². The number of rotatable bonds is 5. The van der Waals surface area contributed by atoms with Crippen molar-refractivity contribution in [3.8, 4) is 0 Å². The first-order valence-corrected chi connectivity index (χ1v) is 8.13. The van der Waals surface area contributed by atoms with Gasteiger partial charge in [0.1, 0.15) is 0 Å². The molecule has 0 spiro atoms. The largest absolute Gasteiger partial charge is 0.369 e. The Balaban J connectivity index is 1.95. The lowest BCUT2D eigenvalue weighted by Gasteiger charge is -2.39. The number of nitrogens with zero attached hydrogens (tertiary/aromatic N) is 1. The molecule has 2 rings (SSSR count). The van der Waals surface area contributed by atoms with Gasteiger partial charge in [-0.1, -0.05) is 27.2 Å². The van der Waals surface area contributed by atoms with Crippen molar-refractivity contribution in [1.82, 2.24) is 5.32 Å². The first-order chi connectivity index (χ1) is 8.69. The average Bonchev–Trinajstić information content (AvgIpc) is 2.89. The van der Waals surface area contributed by atoms with Gasteiger partial charge in [-0.15, -0.1) is 0 Å². The third-order valence-electron chi connectivity index (χ3n) is 3.80. The first kappa shape index (κ1) is 13.9. The molecular formula is C15H26N2S. The minimum Gasteiger partial charge on any atom is -0.369 e. The second kappa shape index (κ2) is 6.58. The molecule has 0 saturated carbocycles. The molecule has 1 N–H and O–H groups in total. The van der Waals surface area contributed by atoms with E-state index in [1.165, 1.54) is 31.6 Å². The quantitative estimate of drug-likeness (QED) is 0.876. The maximum atomic E-state index is 3.74. The molecule has 1 fully saturated rings. The fourth-order valence-electron chi connectivity index (χ4n) is 2.70. The van der Waals surface area contributed by atoms with Gasteiger partial charge in [-0.05, 0) is 36.2 Å². The van der Waals surface area contributed by atoms with Crippen molar-refractivity contribution in [3.05, 3.63) is 16.8 Å². The van der Waals surface area contributed by atoms with E-state index in [4.69, 9.17) is 0 Å². The lowest BCUT2D eigenvalue weighted by molar-refractivity contribution is 0.318. The van der Waals surface area contributed by atoms with Crippen molar-refractivity contribution in [3.63, 3.8) is 0 Å². The predicted molar refractivity (Wildman–Crippen MR) is 81.6 cm³/mol. The van der Waals surface area contributed by atoms with Crippen LogP contribution in [0, 0.1) is 11.8 Å². The Hall–Kier alpha value is -0.540. The maximum absolute atomic E-state index is 3.74. The van der Waals surface area contributed by atoms with Gasteiger partial charge in [0.05, 0.1) is 0 Å². The fourth-order valence-corrected chi connectivity index (χ4v) is 3.36. The zero-order chi connectivity index (χ0) is 13.0. The fraction of sp³-hybridized carbons (Fsp3) is 0.733. The molecular weight excluding hydrogens is 240 g/mol. The summed E-state index contributed by atoms with van der Waals surface area (Å²) in [5.74, 6) is 1.57. The summed E-state index contributed by atoms with van der Waals surface area (Å²) in [6.07, 6.45) is 2.63. The van der Waals surface area contributed by atoms with E-state index in [9.17, 15) is 0 Å². The Morgan fingerprint density at radius 3 is 2.89 bits per heavy atom. The number of anilines is 1. The first-order valence-electron chi connectivity index (χ1n) is 7.19. The topological polar surface area (TPSA) is 15.3 Å². The van der Waals surface area contributed by atoms with E-state index in [1.807, 2.05) is 0 Å². The van der Waals surface area contributed by atoms with Crippen molar-refractivity contribution in [2.75, 3.05) is 24.5 Å². The molecule has 1 aliphatic rings. The third-order valence-corrected chi connectivity index (χ3v) is 4.47. The van der Waals surface area contributed by atoms with Crippen molar-refractivity contribution < 1.29 is 0 Å². The number of hydrogen-bond acceptors (Lipinski definition) is 3. The Kier molecular flexibility index (Phi) is 5.07. The van der Waals surface area contributed by atoms with Crippen LogP contribution in [-0.2, 0) is 0 Å². The van der Waals surface area contributed by atoms with Gasteiger partial charge in [-0.3, -0.25) is 0 Å². The van der Waals surface area contributed by atoms with Crippen molar-refractivity contribution >= 4 is 17.0 Å². The zero-order valence-electron chi connectivity index (χ0n) is 11.9. The molecule has 0 aromatic carbocycles. The van der Waals surface area contributed by atoms with Gasteiger partial charge < -0.3 is 10.2 Å². The minimum absolute atomic E-state index is 0.658. The zero-order valence-corrected chi connectivity index (χ0v) is 12.7. The highest BCUT2D eigenvalue weighted by Gasteiger charge is 2.26. The van der Waals surface area contributed by atoms with Crippen LogP contribution < -0.4 is 10.2 Å². The SMILES string of the molecule is CCC1CC(NCC(C)C)CN(c2ccsc2)C1. The van der Waals surface area contributed by atoms with Crippen LogP contribution in [0.5, 0.6) is 0 Å². The Morgan fingerprint density at radius 2 is 2.28 bits per heavy atom. The number of thiophene rings is 1. The van der Waals surface area contributed by atoms with Crippen LogP contribution in [0.4, 0.5) is 5.69 Å². The summed E-state index contributed by atoms with van der Waals surface area (Å²) in [6.45, 7) is 10.4. The molecule has 2 heterocycles. The van der Waals surface area contributed by atoms with Crippen LogP contribution in [0.25, 0.3) is 0 Å². The van der Waals surface area contributed by atoms with Crippen molar-refractivity contribution in [2.45, 2.75) is 39.7 Å². The summed E-state index contributed by atoms with van der Waals surface area (Å²) in [6, 6.07) is 2.91. The molecule has 2 atom stereocenters. The number of nitrogens with one attached hydrogen (secondary N) is 1. The van der Waals surface area contributed by atoms with Crippen molar-refractivity contribution in [1.29, 1.82) is 0 Å². The lowest BCUT2D eigenvalue weighted by Crippen LogP contribution is -2.50. The molecule has 0 aliphatic carbocycles. The van der Waals surface area contributed by atoms with Gasteiger partial charge in [-0.2, -0.15) is 11.3 Å². The Morgan fingerprint density at radius 1 is 1.44 bits per heavy atom. The maximum Gasteiger partial charge on any atom is 0.0475 e. The number of hydrogen-bond donors (Lipinski definition) is 1. The normalized spacial score (nSPS) is 24.8. The van der Waals surface area contributed by atoms with Gasteiger partial charge >= 0.3 is 0 Å². The summed E-state index contributed by atoms with van der Waals surface area (Å²) in [4.78, 5) is 2.56. The smallest absolute Gasteiger partial charge is 0.0475 e. The van der Waals surface area contributed by atoms with Crippen LogP contribution in [-0.4, -0.2) is 25.7 Å². The van der Waals surface area contributed by atoms with E-state index in [0.29, 0.717) is 6.04 Å². The van der Waals surface area contributed by atoms with Gasteiger partial charge in [0, 0.05) is 30.2 Å². The van der Waals surface area contributed by atoms with E-state index in [1.54, 1.807) is 11.3 Å². The van der Waals surface area contributed by atoms with Crippen molar-refractivity contribution in [2.24, 2.45) is 11.8 Å². The number of piperidine rings is 1. The van der Waals surface area contributed by atoms with Gasteiger partial charge in [-0.25, -0.2) is 0 Å². The third kappa shape index (κ3) is 3.72. The van der Waals surface area contributed by atoms with Crippen LogP contribution in [0.15, 0.2) is 16.8 Å². The minimum atomic E-state index is 0.658. The molecule has 102 valence electrons. The molecule has 2 nitrogen and oxygen atoms in total. The van der Waals surface area contributed by atoms with Crippen LogP contribution in [0.3, 0.4) is 0 Å². The highest BCUT2D eigenvalue weighted by atomic mass is 32.1. The molecule has 18 heavy (non-hydrogen) atoms. The summed E-state index contributed by atoms with van der Waals surface area (Å²) >= 11 is 1.80. The second-order valence-electron chi connectivity index (χ2n) is 5.90. The Labute approximate surface area is 115 Å². The van der Waals surface area contributed by atoms with E-state index < -0.39 is 0 Å². The van der Waals surface area contributed by atoms with Crippen LogP contribution in [0.2, 0.25) is 0 Å². The summed E-state index contributed by atoms with van der Waals surface area (Å²) in [5.41, 5.74) is 1.41. The van der Waals surface area contributed by atoms with E-state index in [-0.39, 0.29) is 0 Å². The lowest BCUT2D eigenvalue weighted by atomic mass is 9.91. The molecule has 1 aromatic heterocycles.